The Morgan fingerprint density at radius 2 is 1.76 bits per heavy atom. The van der Waals surface area contributed by atoms with Gasteiger partial charge in [0.25, 0.3) is 11.6 Å². The highest BCUT2D eigenvalue weighted by atomic mass is 32.2. The Hall–Kier alpha value is -5.02. The second-order valence-corrected chi connectivity index (χ2v) is 9.20. The summed E-state index contributed by atoms with van der Waals surface area (Å²) in [5, 5.41) is 22.9. The number of nitrogens with one attached hydrogen (secondary N) is 1. The number of ether oxygens (including phenoxy) is 1. The number of nitrogens with zero attached hydrogens (tertiary/aromatic N) is 2. The van der Waals surface area contributed by atoms with Crippen LogP contribution in [-0.2, 0) is 14.9 Å². The lowest BCUT2D eigenvalue weighted by Crippen LogP contribution is -2.15. The third kappa shape index (κ3) is 6.59. The minimum atomic E-state index is -4.36. The summed E-state index contributed by atoms with van der Waals surface area (Å²) in [6, 6.07) is 16.4. The highest BCUT2D eigenvalue weighted by molar-refractivity contribution is 7.87. The van der Waals surface area contributed by atoms with E-state index in [4.69, 9.17) is 8.92 Å². The number of non-ortho nitro benzene ring substituents is 1. The Morgan fingerprint density at radius 3 is 2.37 bits per heavy atom. The van der Waals surface area contributed by atoms with E-state index in [2.05, 4.69) is 5.32 Å². The second kappa shape index (κ2) is 11.8. The fraction of sp³-hybridized carbons (Fsp3) is 0.115. The zero-order chi connectivity index (χ0) is 27.9. The molecule has 3 aromatic carbocycles. The quantitative estimate of drug-likeness (QED) is 0.0981. The third-order valence-electron chi connectivity index (χ3n) is 5.03. The number of hydrogen-bond acceptors (Lipinski definition) is 9. The number of ketones is 1. The van der Waals surface area contributed by atoms with Crippen molar-refractivity contribution in [3.05, 3.63) is 93.5 Å². The molecule has 0 aromatic heterocycles. The van der Waals surface area contributed by atoms with Crippen LogP contribution < -0.4 is 14.2 Å². The molecule has 1 amide bonds. The van der Waals surface area contributed by atoms with Crippen LogP contribution in [0.4, 0.5) is 11.4 Å². The van der Waals surface area contributed by atoms with Gasteiger partial charge in [-0.05, 0) is 61.9 Å². The van der Waals surface area contributed by atoms with Gasteiger partial charge >= 0.3 is 10.1 Å². The summed E-state index contributed by atoms with van der Waals surface area (Å²) >= 11 is 0. The van der Waals surface area contributed by atoms with E-state index in [1.807, 2.05) is 0 Å². The largest absolute Gasteiger partial charge is 0.490 e. The van der Waals surface area contributed by atoms with Crippen molar-refractivity contribution in [3.8, 4) is 17.6 Å². The van der Waals surface area contributed by atoms with E-state index in [0.29, 0.717) is 5.56 Å². The average Bonchev–Trinajstić information content (AvgIpc) is 2.88. The molecule has 12 heteroatoms. The first-order valence-corrected chi connectivity index (χ1v) is 12.5. The topological polar surface area (TPSA) is 166 Å². The summed E-state index contributed by atoms with van der Waals surface area (Å²) in [6.07, 6.45) is 1.27. The Labute approximate surface area is 218 Å². The van der Waals surface area contributed by atoms with E-state index in [0.717, 1.165) is 24.3 Å². The van der Waals surface area contributed by atoms with Gasteiger partial charge in [0.15, 0.2) is 17.3 Å². The summed E-state index contributed by atoms with van der Waals surface area (Å²) in [5.74, 6) is -1.16. The number of benzene rings is 3. The summed E-state index contributed by atoms with van der Waals surface area (Å²) in [6.45, 7) is 3.17. The van der Waals surface area contributed by atoms with Crippen molar-refractivity contribution in [1.82, 2.24) is 0 Å². The molecule has 0 fully saturated rings. The van der Waals surface area contributed by atoms with Crippen LogP contribution in [0.2, 0.25) is 0 Å². The van der Waals surface area contributed by atoms with Gasteiger partial charge in [0.2, 0.25) is 0 Å². The maximum atomic E-state index is 12.7. The van der Waals surface area contributed by atoms with Crippen molar-refractivity contribution in [1.29, 1.82) is 5.26 Å². The maximum Gasteiger partial charge on any atom is 0.339 e. The maximum absolute atomic E-state index is 12.7. The van der Waals surface area contributed by atoms with Gasteiger partial charge in [-0.15, -0.1) is 0 Å². The molecule has 0 atom stereocenters. The number of Topliss-reactive ketones (excluding diaryl/α,β-unsaturated/α-hetero) is 1. The number of carbonyl (C=O) groups is 2. The lowest BCUT2D eigenvalue weighted by atomic mass is 10.1. The van der Waals surface area contributed by atoms with Gasteiger partial charge in [-0.25, -0.2) is 0 Å². The van der Waals surface area contributed by atoms with Gasteiger partial charge in [0.05, 0.1) is 17.2 Å². The number of hydrogen-bond donors (Lipinski definition) is 1. The van der Waals surface area contributed by atoms with Crippen molar-refractivity contribution in [2.75, 3.05) is 11.9 Å². The number of rotatable bonds is 10. The summed E-state index contributed by atoms with van der Waals surface area (Å²) in [4.78, 5) is 34.4. The number of nitro benzene ring substituents is 1. The predicted molar refractivity (Wildman–Crippen MR) is 137 cm³/mol. The first-order valence-electron chi connectivity index (χ1n) is 11.0. The number of para-hydroxylation sites is 1. The van der Waals surface area contributed by atoms with Crippen molar-refractivity contribution in [3.63, 3.8) is 0 Å². The van der Waals surface area contributed by atoms with Crippen LogP contribution in [-0.4, -0.2) is 31.6 Å². The molecule has 0 aliphatic rings. The van der Waals surface area contributed by atoms with Gasteiger partial charge < -0.3 is 14.2 Å². The molecule has 0 spiro atoms. The molecule has 0 unspecified atom stereocenters. The zero-order valence-electron chi connectivity index (χ0n) is 20.2. The molecule has 194 valence electrons. The van der Waals surface area contributed by atoms with E-state index in [1.54, 1.807) is 31.2 Å². The van der Waals surface area contributed by atoms with Gasteiger partial charge in [0.1, 0.15) is 16.5 Å². The van der Waals surface area contributed by atoms with Gasteiger partial charge in [-0.2, -0.15) is 13.7 Å². The number of anilines is 1. The first kappa shape index (κ1) is 27.6. The van der Waals surface area contributed by atoms with Crippen LogP contribution in [0.15, 0.2) is 77.2 Å². The Kier molecular flexibility index (Phi) is 8.57. The highest BCUT2D eigenvalue weighted by Crippen LogP contribution is 2.32. The average molecular weight is 536 g/mol. The van der Waals surface area contributed by atoms with Crippen LogP contribution in [0.5, 0.6) is 11.5 Å². The zero-order valence-corrected chi connectivity index (χ0v) is 21.0. The Balaban J connectivity index is 1.88. The van der Waals surface area contributed by atoms with E-state index in [-0.39, 0.29) is 51.3 Å². The number of nitro groups is 1. The second-order valence-electron chi connectivity index (χ2n) is 7.65. The summed E-state index contributed by atoms with van der Waals surface area (Å²) < 4.78 is 36.1. The Morgan fingerprint density at radius 1 is 1.08 bits per heavy atom. The standard InChI is InChI=1S/C26H21N3O8S/c1-3-36-25-15-18(14-19(16-27)26(31)28-23-7-5-4-6-22(23)17(2)30)8-13-24(25)37-38(34,35)21-11-9-20(10-12-21)29(32)33/h4-15H,3H2,1-2H3,(H,28,31)/b19-14-. The monoisotopic (exact) mass is 535 g/mol. The van der Waals surface area contributed by atoms with Crippen molar-refractivity contribution < 1.29 is 31.9 Å². The summed E-state index contributed by atoms with van der Waals surface area (Å²) in [7, 11) is -4.36. The molecule has 0 radical (unpaired) electrons. The minimum Gasteiger partial charge on any atom is -0.490 e. The molecular formula is C26H21N3O8S. The molecule has 38 heavy (non-hydrogen) atoms. The smallest absolute Gasteiger partial charge is 0.339 e. The van der Waals surface area contributed by atoms with Gasteiger partial charge in [-0.1, -0.05) is 18.2 Å². The molecular weight excluding hydrogens is 514 g/mol. The van der Waals surface area contributed by atoms with Gasteiger partial charge in [0, 0.05) is 17.7 Å². The molecule has 0 aliphatic heterocycles. The van der Waals surface area contributed by atoms with E-state index in [9.17, 15) is 33.4 Å². The first-order chi connectivity index (χ1) is 18.1. The van der Waals surface area contributed by atoms with Crippen LogP contribution in [0.3, 0.4) is 0 Å². The van der Waals surface area contributed by atoms with Crippen LogP contribution in [0.1, 0.15) is 29.8 Å². The molecule has 0 saturated carbocycles. The van der Waals surface area contributed by atoms with Crippen molar-refractivity contribution in [2.45, 2.75) is 18.7 Å². The lowest BCUT2D eigenvalue weighted by Gasteiger charge is -2.13. The molecule has 3 aromatic rings. The third-order valence-corrected chi connectivity index (χ3v) is 6.28. The Bertz CT molecular complexity index is 1570. The predicted octanol–water partition coefficient (Wildman–Crippen LogP) is 4.51. The number of amides is 1. The summed E-state index contributed by atoms with van der Waals surface area (Å²) in [5.41, 5.74) is 0.309. The normalized spacial score (nSPS) is 11.2. The van der Waals surface area contributed by atoms with Gasteiger partial charge in [-0.3, -0.25) is 19.7 Å². The fourth-order valence-corrected chi connectivity index (χ4v) is 4.20. The van der Waals surface area contributed by atoms with Crippen molar-refractivity contribution in [2.24, 2.45) is 0 Å². The highest BCUT2D eigenvalue weighted by Gasteiger charge is 2.21. The number of nitriles is 1. The lowest BCUT2D eigenvalue weighted by molar-refractivity contribution is -0.384. The number of carbonyl (C=O) groups excluding carboxylic acids is 2. The van der Waals surface area contributed by atoms with E-state index >= 15 is 0 Å². The molecule has 0 heterocycles. The molecule has 11 nitrogen and oxygen atoms in total. The molecule has 1 N–H and O–H groups in total. The minimum absolute atomic E-state index is 0.0198. The molecule has 0 saturated heterocycles. The molecule has 3 rings (SSSR count). The molecule has 0 bridgehead atoms. The van der Waals surface area contributed by atoms with E-state index < -0.39 is 20.9 Å². The fourth-order valence-electron chi connectivity index (χ4n) is 3.26. The van der Waals surface area contributed by atoms with Crippen LogP contribution >= 0.6 is 0 Å². The van der Waals surface area contributed by atoms with Crippen LogP contribution in [0.25, 0.3) is 6.08 Å². The molecule has 0 aliphatic carbocycles. The van der Waals surface area contributed by atoms with E-state index in [1.165, 1.54) is 37.3 Å². The SMILES string of the molecule is CCOc1cc(/C=C(/C#N)C(=O)Nc2ccccc2C(C)=O)ccc1OS(=O)(=O)c1ccc([N+](=O)[O-])cc1. The van der Waals surface area contributed by atoms with Crippen molar-refractivity contribution >= 4 is 39.3 Å². The van der Waals surface area contributed by atoms with Crippen LogP contribution in [0, 0.1) is 21.4 Å².